The molecule has 5 rings (SSSR count). The van der Waals surface area contributed by atoms with Crippen LogP contribution in [-0.4, -0.2) is 40.6 Å². The van der Waals surface area contributed by atoms with Crippen LogP contribution in [0.3, 0.4) is 0 Å². The molecule has 0 bridgehead atoms. The summed E-state index contributed by atoms with van der Waals surface area (Å²) in [5, 5.41) is 14.2. The van der Waals surface area contributed by atoms with Gasteiger partial charge in [0, 0.05) is 25.0 Å². The lowest BCUT2D eigenvalue weighted by Crippen LogP contribution is -2.34. The highest BCUT2D eigenvalue weighted by Crippen LogP contribution is 2.26. The largest absolute Gasteiger partial charge is 0.364 e. The minimum Gasteiger partial charge on any atom is -0.364 e. The number of nitrogens with one attached hydrogen (secondary N) is 4. The van der Waals surface area contributed by atoms with Gasteiger partial charge in [-0.2, -0.15) is 4.98 Å². The number of anilines is 2. The summed E-state index contributed by atoms with van der Waals surface area (Å²) in [6, 6.07) is 15.5. The number of hydrogen-bond acceptors (Lipinski definition) is 7. The van der Waals surface area contributed by atoms with E-state index in [4.69, 9.17) is 0 Å². The Morgan fingerprint density at radius 3 is 2.66 bits per heavy atom. The molecule has 0 spiro atoms. The van der Waals surface area contributed by atoms with E-state index < -0.39 is 0 Å². The van der Waals surface area contributed by atoms with Crippen molar-refractivity contribution in [2.75, 3.05) is 30.3 Å². The summed E-state index contributed by atoms with van der Waals surface area (Å²) in [4.78, 5) is 13.3. The summed E-state index contributed by atoms with van der Waals surface area (Å²) in [6.45, 7) is 4.76. The fraction of sp³-hybridized carbons (Fsp3) is 0.516. The molecule has 0 saturated heterocycles. The van der Waals surface area contributed by atoms with E-state index in [0.29, 0.717) is 12.5 Å². The van der Waals surface area contributed by atoms with Gasteiger partial charge in [-0.25, -0.2) is 4.98 Å². The quantitative estimate of drug-likeness (QED) is 0.237. The number of aromatic nitrogens is 3. The molecule has 2 aliphatic carbocycles. The summed E-state index contributed by atoms with van der Waals surface area (Å²) in [6.07, 6.45) is 15.4. The van der Waals surface area contributed by atoms with Gasteiger partial charge in [0.25, 0.3) is 0 Å². The summed E-state index contributed by atoms with van der Waals surface area (Å²) in [7, 11) is 0. The van der Waals surface area contributed by atoms with E-state index in [0.717, 1.165) is 49.7 Å². The predicted molar refractivity (Wildman–Crippen MR) is 155 cm³/mol. The van der Waals surface area contributed by atoms with Gasteiger partial charge in [-0.1, -0.05) is 43.5 Å². The fourth-order valence-corrected chi connectivity index (χ4v) is 5.71. The van der Waals surface area contributed by atoms with E-state index in [2.05, 4.69) is 54.4 Å². The van der Waals surface area contributed by atoms with Gasteiger partial charge in [0.1, 0.15) is 5.82 Å². The van der Waals surface area contributed by atoms with E-state index in [1.54, 1.807) is 12.4 Å². The summed E-state index contributed by atoms with van der Waals surface area (Å²) >= 11 is 0. The van der Waals surface area contributed by atoms with Gasteiger partial charge in [-0.3, -0.25) is 4.98 Å². The number of pyridine rings is 1. The maximum atomic E-state index is 4.60. The van der Waals surface area contributed by atoms with Gasteiger partial charge in [0.15, 0.2) is 0 Å². The van der Waals surface area contributed by atoms with Gasteiger partial charge < -0.3 is 21.3 Å². The Hall–Kier alpha value is -3.03. The van der Waals surface area contributed by atoms with Crippen LogP contribution in [0.4, 0.5) is 11.8 Å². The first-order valence-electron chi connectivity index (χ1n) is 14.6. The Labute approximate surface area is 227 Å². The number of rotatable bonds is 13. The predicted octanol–water partition coefficient (Wildman–Crippen LogP) is 5.10. The molecule has 202 valence electrons. The maximum Gasteiger partial charge on any atom is 0.224 e. The lowest BCUT2D eigenvalue weighted by Gasteiger charge is -2.26. The first-order valence-corrected chi connectivity index (χ1v) is 14.6. The summed E-state index contributed by atoms with van der Waals surface area (Å²) in [5.74, 6) is 2.17. The van der Waals surface area contributed by atoms with Crippen molar-refractivity contribution >= 4 is 11.8 Å². The molecule has 1 saturated carbocycles. The molecule has 1 aromatic carbocycles. The van der Waals surface area contributed by atoms with Gasteiger partial charge in [-0.05, 0) is 99.0 Å². The number of fused-ring (bicyclic) bond motifs is 1. The van der Waals surface area contributed by atoms with Crippen LogP contribution >= 0.6 is 0 Å². The molecule has 2 aromatic heterocycles. The van der Waals surface area contributed by atoms with Gasteiger partial charge in [0.05, 0.1) is 12.2 Å². The Balaban J connectivity index is 1.01. The smallest absolute Gasteiger partial charge is 0.224 e. The highest BCUT2D eigenvalue weighted by atomic mass is 15.1. The molecule has 4 N–H and O–H groups in total. The van der Waals surface area contributed by atoms with Gasteiger partial charge >= 0.3 is 0 Å². The van der Waals surface area contributed by atoms with Crippen molar-refractivity contribution in [3.05, 3.63) is 77.2 Å². The highest BCUT2D eigenvalue weighted by molar-refractivity contribution is 5.41. The van der Waals surface area contributed by atoms with E-state index in [1.165, 1.54) is 74.5 Å². The molecule has 38 heavy (non-hydrogen) atoms. The summed E-state index contributed by atoms with van der Waals surface area (Å²) in [5.41, 5.74) is 5.28. The number of aryl methyl sites for hydroxylation is 1. The molecule has 0 aliphatic heterocycles. The third-order valence-electron chi connectivity index (χ3n) is 7.89. The van der Waals surface area contributed by atoms with Crippen molar-refractivity contribution in [1.29, 1.82) is 0 Å². The van der Waals surface area contributed by atoms with Crippen LogP contribution in [0.5, 0.6) is 0 Å². The van der Waals surface area contributed by atoms with Gasteiger partial charge in [-0.15, -0.1) is 0 Å². The van der Waals surface area contributed by atoms with Crippen LogP contribution in [0.15, 0.2) is 54.9 Å². The van der Waals surface area contributed by atoms with E-state index in [9.17, 15) is 0 Å². The number of benzene rings is 1. The zero-order valence-electron chi connectivity index (χ0n) is 22.6. The molecular formula is C31H43N7. The molecular weight excluding hydrogens is 470 g/mol. The molecule has 0 amide bonds. The van der Waals surface area contributed by atoms with Crippen molar-refractivity contribution in [1.82, 2.24) is 25.6 Å². The lowest BCUT2D eigenvalue weighted by molar-refractivity contribution is 0.368. The molecule has 1 unspecified atom stereocenters. The highest BCUT2D eigenvalue weighted by Gasteiger charge is 2.19. The van der Waals surface area contributed by atoms with E-state index in [1.807, 2.05) is 24.3 Å². The second-order valence-corrected chi connectivity index (χ2v) is 10.9. The van der Waals surface area contributed by atoms with Crippen LogP contribution in [0, 0.1) is 5.92 Å². The second-order valence-electron chi connectivity index (χ2n) is 10.9. The van der Waals surface area contributed by atoms with Crippen molar-refractivity contribution < 1.29 is 0 Å². The zero-order chi connectivity index (χ0) is 25.8. The van der Waals surface area contributed by atoms with Crippen molar-refractivity contribution in [2.24, 2.45) is 5.92 Å². The average molecular weight is 514 g/mol. The molecule has 1 fully saturated rings. The minimum absolute atomic E-state index is 0.633. The van der Waals surface area contributed by atoms with Crippen molar-refractivity contribution in [3.8, 4) is 0 Å². The topological polar surface area (TPSA) is 86.8 Å². The van der Waals surface area contributed by atoms with Crippen LogP contribution in [-0.2, 0) is 25.9 Å². The van der Waals surface area contributed by atoms with Crippen LogP contribution in [0.1, 0.15) is 67.3 Å². The maximum absolute atomic E-state index is 4.60. The molecule has 0 radical (unpaired) electrons. The van der Waals surface area contributed by atoms with Gasteiger partial charge in [0.2, 0.25) is 5.95 Å². The zero-order valence-corrected chi connectivity index (χ0v) is 22.6. The van der Waals surface area contributed by atoms with Crippen LogP contribution in [0.2, 0.25) is 0 Å². The Morgan fingerprint density at radius 1 is 0.816 bits per heavy atom. The Bertz CT molecular complexity index is 1110. The average Bonchev–Trinajstić information content (AvgIpc) is 2.98. The van der Waals surface area contributed by atoms with Crippen LogP contribution < -0.4 is 21.3 Å². The van der Waals surface area contributed by atoms with Crippen molar-refractivity contribution in [3.63, 3.8) is 0 Å². The molecule has 7 nitrogen and oxygen atoms in total. The third-order valence-corrected chi connectivity index (χ3v) is 7.89. The minimum atomic E-state index is 0.633. The Morgan fingerprint density at radius 2 is 1.76 bits per heavy atom. The molecule has 2 aliphatic rings. The SMILES string of the molecule is c1ccc(CNc2ccnc(NCc3ccc4c(c3)CCC(CNCCCNC3CCCCC3)C4)n2)nc1. The fourth-order valence-electron chi connectivity index (χ4n) is 5.71. The molecule has 3 aromatic rings. The Kier molecular flexibility index (Phi) is 9.94. The van der Waals surface area contributed by atoms with Crippen LogP contribution in [0.25, 0.3) is 0 Å². The normalized spacial score (nSPS) is 17.6. The second kappa shape index (κ2) is 14.2. The standard InChI is InChI=1S/C31H43N7/c1-2-7-28(8-3-1)33-17-6-15-32-21-24-10-12-27-20-25(11-13-26(27)19-24)22-37-31-35-18-14-30(38-31)36-23-29-9-4-5-16-34-29/h4-5,9,11,13-14,16,18,20,24,28,32-33H,1-3,6-8,10,12,15,17,19,21-23H2,(H2,35,36,37,38). The van der Waals surface area contributed by atoms with E-state index >= 15 is 0 Å². The first kappa shape index (κ1) is 26.6. The van der Waals surface area contributed by atoms with E-state index in [-0.39, 0.29) is 0 Å². The lowest BCUT2D eigenvalue weighted by atomic mass is 9.83. The molecule has 1 atom stereocenters. The summed E-state index contributed by atoms with van der Waals surface area (Å²) < 4.78 is 0. The molecule has 7 heteroatoms. The van der Waals surface area contributed by atoms with Crippen molar-refractivity contribution in [2.45, 2.75) is 76.9 Å². The molecule has 2 heterocycles. The third kappa shape index (κ3) is 8.23. The first-order chi connectivity index (χ1) is 18.8. The number of nitrogens with zero attached hydrogens (tertiary/aromatic N) is 3. The number of hydrogen-bond donors (Lipinski definition) is 4. The monoisotopic (exact) mass is 513 g/mol.